The molecule has 0 bridgehead atoms. The maximum atomic E-state index is 12.5. The van der Waals surface area contributed by atoms with Crippen LogP contribution in [0.5, 0.6) is 0 Å². The Morgan fingerprint density at radius 3 is 2.45 bits per heavy atom. The number of carbonyl (C=O) groups excluding carboxylic acids is 2. The summed E-state index contributed by atoms with van der Waals surface area (Å²) in [5.74, 6) is -0.149. The molecular formula is C16H22N4O2. The second kappa shape index (κ2) is 6.36. The number of hydrogen-bond acceptors (Lipinski definition) is 4. The number of para-hydroxylation sites is 1. The van der Waals surface area contributed by atoms with Gasteiger partial charge in [0.2, 0.25) is 11.8 Å². The van der Waals surface area contributed by atoms with Gasteiger partial charge in [-0.3, -0.25) is 14.5 Å². The average Bonchev–Trinajstić information content (AvgIpc) is 2.91. The third-order valence-corrected chi connectivity index (χ3v) is 4.41. The second-order valence-corrected chi connectivity index (χ2v) is 5.92. The number of piperazine rings is 1. The fraction of sp³-hybridized carbons (Fsp3) is 0.500. The number of primary amides is 1. The Balaban J connectivity index is 1.53. The van der Waals surface area contributed by atoms with E-state index in [1.54, 1.807) is 0 Å². The smallest absolute Gasteiger partial charge is 0.242 e. The zero-order chi connectivity index (χ0) is 15.5. The minimum absolute atomic E-state index is 0.162. The molecule has 0 atom stereocenters. The summed E-state index contributed by atoms with van der Waals surface area (Å²) in [7, 11) is 0. The highest BCUT2D eigenvalue weighted by Gasteiger charge is 2.25. The van der Waals surface area contributed by atoms with E-state index in [0.29, 0.717) is 32.7 Å². The van der Waals surface area contributed by atoms with Crippen molar-refractivity contribution in [3.05, 3.63) is 29.8 Å². The van der Waals surface area contributed by atoms with Gasteiger partial charge in [-0.2, -0.15) is 0 Å². The predicted molar refractivity (Wildman–Crippen MR) is 84.6 cm³/mol. The van der Waals surface area contributed by atoms with Crippen LogP contribution >= 0.6 is 0 Å². The molecule has 2 N–H and O–H groups in total. The molecule has 118 valence electrons. The third kappa shape index (κ3) is 3.22. The number of nitrogens with zero attached hydrogens (tertiary/aromatic N) is 3. The van der Waals surface area contributed by atoms with Crippen LogP contribution in [0.1, 0.15) is 5.56 Å². The summed E-state index contributed by atoms with van der Waals surface area (Å²) in [6.45, 7) is 4.39. The van der Waals surface area contributed by atoms with Crippen molar-refractivity contribution in [2.75, 3.05) is 50.7 Å². The number of benzene rings is 1. The summed E-state index contributed by atoms with van der Waals surface area (Å²) in [5, 5.41) is 0. The van der Waals surface area contributed by atoms with Crippen LogP contribution in [-0.4, -0.2) is 67.4 Å². The van der Waals surface area contributed by atoms with Crippen LogP contribution in [0.25, 0.3) is 0 Å². The van der Waals surface area contributed by atoms with E-state index in [9.17, 15) is 9.59 Å². The summed E-state index contributed by atoms with van der Waals surface area (Å²) < 4.78 is 0. The first-order valence-electron chi connectivity index (χ1n) is 7.75. The molecule has 0 saturated carbocycles. The van der Waals surface area contributed by atoms with Crippen molar-refractivity contribution in [1.82, 2.24) is 9.80 Å². The lowest BCUT2D eigenvalue weighted by atomic mass is 10.2. The summed E-state index contributed by atoms with van der Waals surface area (Å²) in [4.78, 5) is 29.4. The van der Waals surface area contributed by atoms with Gasteiger partial charge in [0.25, 0.3) is 0 Å². The molecule has 0 unspecified atom stereocenters. The Morgan fingerprint density at radius 1 is 1.00 bits per heavy atom. The summed E-state index contributed by atoms with van der Waals surface area (Å²) in [6, 6.07) is 8.27. The first kappa shape index (κ1) is 14.8. The number of nitrogens with two attached hydrogens (primary N) is 1. The van der Waals surface area contributed by atoms with Gasteiger partial charge in [0.05, 0.1) is 13.1 Å². The molecule has 0 radical (unpaired) electrons. The zero-order valence-electron chi connectivity index (χ0n) is 12.7. The molecule has 0 aromatic heterocycles. The molecule has 3 rings (SSSR count). The van der Waals surface area contributed by atoms with Crippen LogP contribution in [0, 0.1) is 0 Å². The van der Waals surface area contributed by atoms with Crippen molar-refractivity contribution in [3.8, 4) is 0 Å². The first-order valence-corrected chi connectivity index (χ1v) is 7.75. The van der Waals surface area contributed by atoms with E-state index in [0.717, 1.165) is 13.0 Å². The highest BCUT2D eigenvalue weighted by atomic mass is 16.2. The predicted octanol–water partition coefficient (Wildman–Crippen LogP) is -0.321. The molecule has 1 saturated heterocycles. The monoisotopic (exact) mass is 302 g/mol. The zero-order valence-corrected chi connectivity index (χ0v) is 12.7. The lowest BCUT2D eigenvalue weighted by molar-refractivity contribution is -0.131. The molecule has 0 spiro atoms. The normalized spacial score (nSPS) is 18.4. The van der Waals surface area contributed by atoms with Gasteiger partial charge in [0.1, 0.15) is 0 Å². The van der Waals surface area contributed by atoms with Gasteiger partial charge in [-0.25, -0.2) is 0 Å². The van der Waals surface area contributed by atoms with E-state index < -0.39 is 0 Å². The van der Waals surface area contributed by atoms with Crippen LogP contribution in [0.3, 0.4) is 0 Å². The van der Waals surface area contributed by atoms with Crippen molar-refractivity contribution in [3.63, 3.8) is 0 Å². The molecule has 1 aromatic carbocycles. The van der Waals surface area contributed by atoms with Crippen molar-refractivity contribution in [2.45, 2.75) is 6.42 Å². The summed E-state index contributed by atoms with van der Waals surface area (Å²) in [6.07, 6.45) is 1.01. The lowest BCUT2D eigenvalue weighted by Gasteiger charge is -2.35. The van der Waals surface area contributed by atoms with Crippen LogP contribution < -0.4 is 10.6 Å². The Bertz CT molecular complexity index is 567. The molecule has 1 fully saturated rings. The maximum absolute atomic E-state index is 12.5. The van der Waals surface area contributed by atoms with Gasteiger partial charge >= 0.3 is 0 Å². The fourth-order valence-electron chi connectivity index (χ4n) is 3.21. The highest BCUT2D eigenvalue weighted by Crippen LogP contribution is 2.27. The Morgan fingerprint density at radius 2 is 1.73 bits per heavy atom. The Kier molecular flexibility index (Phi) is 4.29. The van der Waals surface area contributed by atoms with Gasteiger partial charge in [-0.05, 0) is 18.1 Å². The summed E-state index contributed by atoms with van der Waals surface area (Å²) >= 11 is 0. The molecule has 6 heteroatoms. The fourth-order valence-corrected chi connectivity index (χ4v) is 3.21. The van der Waals surface area contributed by atoms with Gasteiger partial charge in [-0.1, -0.05) is 18.2 Å². The molecule has 0 aliphatic carbocycles. The largest absolute Gasteiger partial charge is 0.369 e. The van der Waals surface area contributed by atoms with E-state index in [1.807, 2.05) is 21.9 Å². The maximum Gasteiger partial charge on any atom is 0.242 e. The number of carbonyl (C=O) groups is 2. The van der Waals surface area contributed by atoms with E-state index >= 15 is 0 Å². The quantitative estimate of drug-likeness (QED) is 0.827. The molecular weight excluding hydrogens is 280 g/mol. The van der Waals surface area contributed by atoms with E-state index in [4.69, 9.17) is 5.73 Å². The first-order chi connectivity index (χ1) is 10.6. The topological polar surface area (TPSA) is 69.9 Å². The van der Waals surface area contributed by atoms with Crippen molar-refractivity contribution < 1.29 is 9.59 Å². The molecule has 2 amide bonds. The van der Waals surface area contributed by atoms with Crippen LogP contribution in [0.2, 0.25) is 0 Å². The lowest BCUT2D eigenvalue weighted by Crippen LogP contribution is -2.52. The van der Waals surface area contributed by atoms with Crippen LogP contribution in [0.4, 0.5) is 5.69 Å². The van der Waals surface area contributed by atoms with Crippen molar-refractivity contribution in [1.29, 1.82) is 0 Å². The number of anilines is 1. The van der Waals surface area contributed by atoms with Gasteiger partial charge in [-0.15, -0.1) is 0 Å². The van der Waals surface area contributed by atoms with Crippen LogP contribution in [0.15, 0.2) is 24.3 Å². The van der Waals surface area contributed by atoms with Gasteiger partial charge in [0, 0.05) is 38.4 Å². The average molecular weight is 302 g/mol. The SMILES string of the molecule is NC(=O)CN1CCN(C(=O)CN2CCc3ccccc32)CC1. The number of rotatable bonds is 4. The third-order valence-electron chi connectivity index (χ3n) is 4.41. The number of hydrogen-bond donors (Lipinski definition) is 1. The Labute approximate surface area is 130 Å². The number of amides is 2. The second-order valence-electron chi connectivity index (χ2n) is 5.92. The molecule has 2 aliphatic rings. The molecule has 6 nitrogen and oxygen atoms in total. The van der Waals surface area contributed by atoms with Gasteiger partial charge < -0.3 is 15.5 Å². The molecule has 2 aliphatic heterocycles. The Hall–Kier alpha value is -2.08. The van der Waals surface area contributed by atoms with Crippen LogP contribution in [-0.2, 0) is 16.0 Å². The number of fused-ring (bicyclic) bond motifs is 1. The highest BCUT2D eigenvalue weighted by molar-refractivity contribution is 5.82. The van der Waals surface area contributed by atoms with E-state index in [-0.39, 0.29) is 18.4 Å². The standard InChI is InChI=1S/C16H22N4O2/c17-15(21)11-18-7-9-19(10-8-18)16(22)12-20-6-5-13-3-1-2-4-14(13)20/h1-4H,5-12H2,(H2,17,21). The van der Waals surface area contributed by atoms with E-state index in [1.165, 1.54) is 11.3 Å². The minimum Gasteiger partial charge on any atom is -0.369 e. The molecule has 1 aromatic rings. The minimum atomic E-state index is -0.312. The van der Waals surface area contributed by atoms with Gasteiger partial charge in [0.15, 0.2) is 0 Å². The molecule has 2 heterocycles. The van der Waals surface area contributed by atoms with E-state index in [2.05, 4.69) is 17.0 Å². The summed E-state index contributed by atoms with van der Waals surface area (Å²) in [5.41, 5.74) is 7.71. The van der Waals surface area contributed by atoms with Crippen molar-refractivity contribution >= 4 is 17.5 Å². The molecule has 22 heavy (non-hydrogen) atoms. The van der Waals surface area contributed by atoms with Crippen molar-refractivity contribution in [2.24, 2.45) is 5.73 Å².